The average molecular weight is 359 g/mol. The molecule has 0 bridgehead atoms. The molecule has 0 saturated carbocycles. The Hall–Kier alpha value is -0.290. The third-order valence-electron chi connectivity index (χ3n) is 2.24. The Labute approximate surface area is 119 Å². The molecule has 0 amide bonds. The zero-order valence-electron chi connectivity index (χ0n) is 8.03. The van der Waals surface area contributed by atoms with E-state index in [2.05, 4.69) is 20.9 Å². The SMILES string of the molecule is O=C(c1c[nH]c2c(F)ccc(Br)c12)C(Cl)(Cl)Cl. The first-order valence-corrected chi connectivity index (χ1v) is 6.31. The Morgan fingerprint density at radius 3 is 2.59 bits per heavy atom. The van der Waals surface area contributed by atoms with Gasteiger partial charge in [0.15, 0.2) is 0 Å². The van der Waals surface area contributed by atoms with Crippen molar-refractivity contribution < 1.29 is 9.18 Å². The number of aromatic nitrogens is 1. The maximum atomic E-state index is 13.5. The van der Waals surface area contributed by atoms with Gasteiger partial charge in [-0.05, 0) is 12.1 Å². The third kappa shape index (κ3) is 2.32. The molecule has 2 rings (SSSR count). The minimum atomic E-state index is -2.07. The number of H-pyrrole nitrogens is 1. The molecule has 0 saturated heterocycles. The number of carbonyl (C=O) groups is 1. The molecule has 7 heteroatoms. The molecule has 0 aliphatic heterocycles. The minimum absolute atomic E-state index is 0.131. The molecule has 2 nitrogen and oxygen atoms in total. The van der Waals surface area contributed by atoms with E-state index in [9.17, 15) is 9.18 Å². The Balaban J connectivity index is 2.73. The van der Waals surface area contributed by atoms with Crippen LogP contribution in [0.3, 0.4) is 0 Å². The monoisotopic (exact) mass is 357 g/mol. The number of ketones is 1. The number of hydrogen-bond donors (Lipinski definition) is 1. The van der Waals surface area contributed by atoms with Gasteiger partial charge >= 0.3 is 0 Å². The van der Waals surface area contributed by atoms with Crippen molar-refractivity contribution in [1.29, 1.82) is 0 Å². The fourth-order valence-corrected chi connectivity index (χ4v) is 2.35. The van der Waals surface area contributed by atoms with Crippen LogP contribution in [0.15, 0.2) is 22.8 Å². The first-order chi connectivity index (χ1) is 7.82. The van der Waals surface area contributed by atoms with E-state index in [-0.39, 0.29) is 11.1 Å². The normalized spacial score (nSPS) is 12.1. The molecule has 1 aromatic heterocycles. The Morgan fingerprint density at radius 2 is 2.00 bits per heavy atom. The Morgan fingerprint density at radius 1 is 1.35 bits per heavy atom. The summed E-state index contributed by atoms with van der Waals surface area (Å²) in [6.45, 7) is 0. The van der Waals surface area contributed by atoms with Gasteiger partial charge in [0, 0.05) is 21.6 Å². The molecule has 0 unspecified atom stereocenters. The van der Waals surface area contributed by atoms with Crippen LogP contribution in [0.2, 0.25) is 0 Å². The smallest absolute Gasteiger partial charge is 0.253 e. The lowest BCUT2D eigenvalue weighted by Crippen LogP contribution is -2.18. The molecule has 2 aromatic rings. The van der Waals surface area contributed by atoms with E-state index >= 15 is 0 Å². The van der Waals surface area contributed by atoms with Gasteiger partial charge < -0.3 is 4.98 Å². The highest BCUT2D eigenvalue weighted by Crippen LogP contribution is 2.36. The van der Waals surface area contributed by atoms with E-state index in [4.69, 9.17) is 34.8 Å². The van der Waals surface area contributed by atoms with Gasteiger partial charge in [0.05, 0.1) is 5.52 Å². The molecule has 1 aromatic carbocycles. The molecular formula is C10H4BrCl3FNO. The summed E-state index contributed by atoms with van der Waals surface area (Å²) in [5.41, 5.74) is 0.323. The topological polar surface area (TPSA) is 32.9 Å². The highest BCUT2D eigenvalue weighted by Gasteiger charge is 2.34. The molecule has 0 spiro atoms. The van der Waals surface area contributed by atoms with Gasteiger partial charge in [-0.15, -0.1) is 0 Å². The van der Waals surface area contributed by atoms with Crippen LogP contribution in [0.4, 0.5) is 4.39 Å². The maximum absolute atomic E-state index is 13.5. The summed E-state index contributed by atoms with van der Waals surface area (Å²) >= 11 is 19.8. The predicted octanol–water partition coefficient (Wildman–Crippen LogP) is 4.62. The van der Waals surface area contributed by atoms with Gasteiger partial charge in [-0.25, -0.2) is 4.39 Å². The summed E-state index contributed by atoms with van der Waals surface area (Å²) in [5, 5.41) is 0.362. The van der Waals surface area contributed by atoms with E-state index in [1.54, 1.807) is 0 Å². The van der Waals surface area contributed by atoms with Crippen LogP contribution in [0.5, 0.6) is 0 Å². The van der Waals surface area contributed by atoms with Crippen molar-refractivity contribution in [1.82, 2.24) is 4.98 Å². The van der Waals surface area contributed by atoms with Crippen molar-refractivity contribution >= 4 is 67.4 Å². The highest BCUT2D eigenvalue weighted by atomic mass is 79.9. The summed E-state index contributed by atoms with van der Waals surface area (Å²) in [7, 11) is 0. The van der Waals surface area contributed by atoms with Gasteiger partial charge in [0.25, 0.3) is 3.79 Å². The Kier molecular flexibility index (Phi) is 3.42. The summed E-state index contributed by atoms with van der Waals surface area (Å²) in [4.78, 5) is 14.5. The number of carbonyl (C=O) groups excluding carboxylic acids is 1. The van der Waals surface area contributed by atoms with Crippen LogP contribution in [-0.4, -0.2) is 14.6 Å². The summed E-state index contributed by atoms with van der Waals surface area (Å²) in [6.07, 6.45) is 1.32. The van der Waals surface area contributed by atoms with Gasteiger partial charge in [-0.1, -0.05) is 50.7 Å². The molecule has 0 fully saturated rings. The molecule has 0 radical (unpaired) electrons. The standard InChI is InChI=1S/C10H4BrCl3FNO/c11-5-1-2-6(15)8-7(5)4(3-16-8)9(17)10(12,13)14/h1-3,16H. The number of aromatic amines is 1. The third-order valence-corrected chi connectivity index (χ3v) is 3.41. The fraction of sp³-hybridized carbons (Fsp3) is 0.100. The first-order valence-electron chi connectivity index (χ1n) is 4.39. The van der Waals surface area contributed by atoms with Crippen molar-refractivity contribution in [3.05, 3.63) is 34.2 Å². The van der Waals surface area contributed by atoms with E-state index < -0.39 is 15.4 Å². The van der Waals surface area contributed by atoms with Crippen LogP contribution in [0.1, 0.15) is 10.4 Å². The lowest BCUT2D eigenvalue weighted by molar-refractivity contribution is 0.0998. The first kappa shape index (κ1) is 13.1. The summed E-state index contributed by atoms with van der Waals surface area (Å²) < 4.78 is 12.0. The van der Waals surface area contributed by atoms with Crippen LogP contribution in [0, 0.1) is 5.82 Å². The zero-order valence-corrected chi connectivity index (χ0v) is 11.9. The number of halogens is 5. The van der Waals surface area contributed by atoms with Crippen molar-refractivity contribution in [2.24, 2.45) is 0 Å². The van der Waals surface area contributed by atoms with Crippen molar-refractivity contribution in [2.45, 2.75) is 3.79 Å². The zero-order chi connectivity index (χ0) is 12.8. The molecule has 1 N–H and O–H groups in total. The second-order valence-electron chi connectivity index (χ2n) is 3.31. The number of benzene rings is 1. The quantitative estimate of drug-likeness (QED) is 0.585. The summed E-state index contributed by atoms with van der Waals surface area (Å²) in [6, 6.07) is 2.76. The largest absolute Gasteiger partial charge is 0.358 e. The lowest BCUT2D eigenvalue weighted by Gasteiger charge is -2.08. The van der Waals surface area contributed by atoms with Crippen LogP contribution in [0.25, 0.3) is 10.9 Å². The molecule has 17 heavy (non-hydrogen) atoms. The van der Waals surface area contributed by atoms with Gasteiger partial charge in [-0.2, -0.15) is 0 Å². The van der Waals surface area contributed by atoms with Crippen molar-refractivity contribution in [3.8, 4) is 0 Å². The van der Waals surface area contributed by atoms with Crippen molar-refractivity contribution in [3.63, 3.8) is 0 Å². The van der Waals surface area contributed by atoms with Crippen LogP contribution >= 0.6 is 50.7 Å². The molecular weight excluding hydrogens is 355 g/mol. The van der Waals surface area contributed by atoms with E-state index in [1.165, 1.54) is 18.3 Å². The minimum Gasteiger partial charge on any atom is -0.358 e. The lowest BCUT2D eigenvalue weighted by atomic mass is 10.1. The molecule has 0 aliphatic rings. The number of fused-ring (bicyclic) bond motifs is 1. The van der Waals surface area contributed by atoms with E-state index in [1.807, 2.05) is 0 Å². The summed E-state index contributed by atoms with van der Waals surface area (Å²) in [5.74, 6) is -1.19. The Bertz CT molecular complexity index is 605. The van der Waals surface area contributed by atoms with Gasteiger partial charge in [0.1, 0.15) is 5.82 Å². The van der Waals surface area contributed by atoms with Crippen LogP contribution in [-0.2, 0) is 0 Å². The van der Waals surface area contributed by atoms with E-state index in [0.29, 0.717) is 9.86 Å². The number of hydrogen-bond acceptors (Lipinski definition) is 1. The molecule has 1 heterocycles. The fourth-order valence-electron chi connectivity index (χ4n) is 1.50. The number of Topliss-reactive ketones (excluding diaryl/α,β-unsaturated/α-hetero) is 1. The van der Waals surface area contributed by atoms with E-state index in [0.717, 1.165) is 0 Å². The molecule has 90 valence electrons. The average Bonchev–Trinajstić information content (AvgIpc) is 2.66. The molecule has 0 atom stereocenters. The second-order valence-corrected chi connectivity index (χ2v) is 6.44. The number of nitrogens with one attached hydrogen (secondary N) is 1. The number of rotatable bonds is 1. The predicted molar refractivity (Wildman–Crippen MR) is 70.6 cm³/mol. The highest BCUT2D eigenvalue weighted by molar-refractivity contribution is 9.10. The van der Waals surface area contributed by atoms with Crippen LogP contribution < -0.4 is 0 Å². The maximum Gasteiger partial charge on any atom is 0.253 e. The van der Waals surface area contributed by atoms with Crippen molar-refractivity contribution in [2.75, 3.05) is 0 Å². The van der Waals surface area contributed by atoms with Gasteiger partial charge in [0.2, 0.25) is 5.78 Å². The van der Waals surface area contributed by atoms with Gasteiger partial charge in [-0.3, -0.25) is 4.79 Å². The second kappa shape index (κ2) is 4.43. The number of alkyl halides is 3. The molecule has 0 aliphatic carbocycles.